The van der Waals surface area contributed by atoms with E-state index in [2.05, 4.69) is 10.6 Å². The highest BCUT2D eigenvalue weighted by Gasteiger charge is 2.20. The van der Waals surface area contributed by atoms with Crippen molar-refractivity contribution in [1.82, 2.24) is 5.32 Å². The van der Waals surface area contributed by atoms with Crippen molar-refractivity contribution in [3.8, 4) is 0 Å². The van der Waals surface area contributed by atoms with Gasteiger partial charge in [-0.2, -0.15) is 0 Å². The van der Waals surface area contributed by atoms with Gasteiger partial charge in [-0.05, 0) is 25.0 Å². The summed E-state index contributed by atoms with van der Waals surface area (Å²) in [6, 6.07) is 4.64. The van der Waals surface area contributed by atoms with E-state index in [4.69, 9.17) is 0 Å². The first kappa shape index (κ1) is 13.1. The highest BCUT2D eigenvalue weighted by Crippen LogP contribution is 2.28. The molecule has 19 heavy (non-hydrogen) atoms. The Balaban J connectivity index is 2.27. The highest BCUT2D eigenvalue weighted by molar-refractivity contribution is 5.95. The fraction of sp³-hybridized carbons (Fsp3) is 0.308. The quantitative estimate of drug-likeness (QED) is 0.493. The van der Waals surface area contributed by atoms with Crippen molar-refractivity contribution in [2.45, 2.75) is 18.9 Å². The van der Waals surface area contributed by atoms with Gasteiger partial charge in [0.1, 0.15) is 5.69 Å². The lowest BCUT2D eigenvalue weighted by Crippen LogP contribution is -2.19. The molecule has 0 saturated carbocycles. The molecule has 0 heterocycles. The van der Waals surface area contributed by atoms with Crippen molar-refractivity contribution < 1.29 is 9.72 Å². The maximum Gasteiger partial charge on any atom is 0.293 e. The summed E-state index contributed by atoms with van der Waals surface area (Å²) in [7, 11) is 1.49. The number of hydrogen-bond acceptors (Lipinski definition) is 4. The van der Waals surface area contributed by atoms with Crippen LogP contribution in [0.25, 0.3) is 0 Å². The van der Waals surface area contributed by atoms with Crippen molar-refractivity contribution in [1.29, 1.82) is 0 Å². The van der Waals surface area contributed by atoms with Crippen LogP contribution in [0.2, 0.25) is 0 Å². The minimum Gasteiger partial charge on any atom is -0.376 e. The van der Waals surface area contributed by atoms with E-state index in [1.165, 1.54) is 13.1 Å². The van der Waals surface area contributed by atoms with E-state index in [9.17, 15) is 14.9 Å². The number of rotatable bonds is 4. The lowest BCUT2D eigenvalue weighted by Gasteiger charge is -2.14. The third-order valence-electron chi connectivity index (χ3n) is 3.05. The molecule has 6 heteroatoms. The molecule has 0 aromatic heterocycles. The molecular formula is C13H15N3O3. The van der Waals surface area contributed by atoms with Gasteiger partial charge in [0.05, 0.1) is 4.92 Å². The molecule has 0 saturated heterocycles. The molecule has 1 aromatic carbocycles. The molecule has 0 fully saturated rings. The predicted octanol–water partition coefficient (Wildman–Crippen LogP) is 2.08. The number of anilines is 1. The number of carbonyl (C=O) groups is 1. The zero-order chi connectivity index (χ0) is 13.8. The average Bonchev–Trinajstić information content (AvgIpc) is 2.91. The summed E-state index contributed by atoms with van der Waals surface area (Å²) in [4.78, 5) is 22.1. The number of benzene rings is 1. The molecule has 1 aliphatic rings. The maximum atomic E-state index is 11.5. The molecule has 1 amide bonds. The lowest BCUT2D eigenvalue weighted by molar-refractivity contribution is -0.384. The molecule has 0 radical (unpaired) electrons. The van der Waals surface area contributed by atoms with Crippen LogP contribution in [-0.4, -0.2) is 23.9 Å². The smallest absolute Gasteiger partial charge is 0.293 e. The Hall–Kier alpha value is -2.37. The minimum absolute atomic E-state index is 0.0759. The zero-order valence-electron chi connectivity index (χ0n) is 10.6. The molecule has 0 unspecified atom stereocenters. The van der Waals surface area contributed by atoms with Crippen LogP contribution in [0.4, 0.5) is 11.4 Å². The molecule has 0 spiro atoms. The molecular weight excluding hydrogens is 246 g/mol. The molecule has 1 aliphatic carbocycles. The van der Waals surface area contributed by atoms with Gasteiger partial charge in [0.25, 0.3) is 11.6 Å². The Morgan fingerprint density at radius 3 is 2.63 bits per heavy atom. The Morgan fingerprint density at radius 1 is 1.37 bits per heavy atom. The van der Waals surface area contributed by atoms with Gasteiger partial charge in [0, 0.05) is 24.7 Å². The standard InChI is InChI=1S/C13H15N3O3/c1-14-13(17)9-6-7-11(12(8-9)16(18)19)15-10-4-2-3-5-10/h2-3,6-8,10,15H,4-5H2,1H3,(H,14,17). The van der Waals surface area contributed by atoms with Gasteiger partial charge < -0.3 is 10.6 Å². The topological polar surface area (TPSA) is 84.3 Å². The van der Waals surface area contributed by atoms with Gasteiger partial charge >= 0.3 is 0 Å². The Labute approximate surface area is 110 Å². The number of nitro groups is 1. The molecule has 2 N–H and O–H groups in total. The summed E-state index contributed by atoms with van der Waals surface area (Å²) < 4.78 is 0. The van der Waals surface area contributed by atoms with E-state index in [1.54, 1.807) is 12.1 Å². The van der Waals surface area contributed by atoms with E-state index >= 15 is 0 Å². The van der Waals surface area contributed by atoms with Crippen LogP contribution in [-0.2, 0) is 0 Å². The van der Waals surface area contributed by atoms with Gasteiger partial charge in [-0.3, -0.25) is 14.9 Å². The fourth-order valence-corrected chi connectivity index (χ4v) is 2.05. The highest BCUT2D eigenvalue weighted by atomic mass is 16.6. The van der Waals surface area contributed by atoms with E-state index in [0.29, 0.717) is 5.69 Å². The summed E-state index contributed by atoms with van der Waals surface area (Å²) >= 11 is 0. The summed E-state index contributed by atoms with van der Waals surface area (Å²) in [6.07, 6.45) is 5.80. The van der Waals surface area contributed by atoms with E-state index in [1.807, 2.05) is 12.2 Å². The first-order valence-corrected chi connectivity index (χ1v) is 6.04. The van der Waals surface area contributed by atoms with Gasteiger partial charge in [-0.1, -0.05) is 12.2 Å². The predicted molar refractivity (Wildman–Crippen MR) is 72.3 cm³/mol. The van der Waals surface area contributed by atoms with Gasteiger partial charge in [-0.25, -0.2) is 0 Å². The second kappa shape index (κ2) is 5.51. The molecule has 0 aliphatic heterocycles. The lowest BCUT2D eigenvalue weighted by atomic mass is 10.1. The molecule has 0 atom stereocenters. The largest absolute Gasteiger partial charge is 0.376 e. The van der Waals surface area contributed by atoms with Crippen LogP contribution in [0.15, 0.2) is 30.4 Å². The van der Waals surface area contributed by atoms with Crippen LogP contribution in [0, 0.1) is 10.1 Å². The zero-order valence-corrected chi connectivity index (χ0v) is 10.6. The maximum absolute atomic E-state index is 11.5. The van der Waals surface area contributed by atoms with Gasteiger partial charge in [0.2, 0.25) is 0 Å². The van der Waals surface area contributed by atoms with Crippen molar-refractivity contribution in [3.05, 3.63) is 46.0 Å². The number of amides is 1. The van der Waals surface area contributed by atoms with Crippen LogP contribution in [0.5, 0.6) is 0 Å². The first-order valence-electron chi connectivity index (χ1n) is 6.04. The number of carbonyl (C=O) groups excluding carboxylic acids is 1. The first-order chi connectivity index (χ1) is 9.11. The van der Waals surface area contributed by atoms with Crippen molar-refractivity contribution in [3.63, 3.8) is 0 Å². The molecule has 100 valence electrons. The third-order valence-corrected chi connectivity index (χ3v) is 3.05. The second-order valence-corrected chi connectivity index (χ2v) is 4.35. The van der Waals surface area contributed by atoms with Crippen molar-refractivity contribution >= 4 is 17.3 Å². The number of nitro benzene ring substituents is 1. The summed E-state index contributed by atoms with van der Waals surface area (Å²) in [5.74, 6) is -0.336. The van der Waals surface area contributed by atoms with Crippen LogP contribution < -0.4 is 10.6 Å². The summed E-state index contributed by atoms with van der Waals surface area (Å²) in [5, 5.41) is 16.7. The molecule has 1 aromatic rings. The molecule has 0 bridgehead atoms. The summed E-state index contributed by atoms with van der Waals surface area (Å²) in [5.41, 5.74) is 0.656. The van der Waals surface area contributed by atoms with Crippen LogP contribution >= 0.6 is 0 Å². The number of nitrogens with one attached hydrogen (secondary N) is 2. The summed E-state index contributed by atoms with van der Waals surface area (Å²) in [6.45, 7) is 0. The molecule has 2 rings (SSSR count). The Morgan fingerprint density at radius 2 is 2.05 bits per heavy atom. The number of nitrogens with zero attached hydrogens (tertiary/aromatic N) is 1. The Bertz CT molecular complexity index is 532. The SMILES string of the molecule is CNC(=O)c1ccc(NC2CC=CC2)c([N+](=O)[O-])c1. The monoisotopic (exact) mass is 261 g/mol. The number of hydrogen-bond donors (Lipinski definition) is 2. The Kier molecular flexibility index (Phi) is 3.79. The minimum atomic E-state index is -0.475. The van der Waals surface area contributed by atoms with E-state index < -0.39 is 4.92 Å². The van der Waals surface area contributed by atoms with Crippen molar-refractivity contribution in [2.24, 2.45) is 0 Å². The fourth-order valence-electron chi connectivity index (χ4n) is 2.05. The average molecular weight is 261 g/mol. The van der Waals surface area contributed by atoms with Gasteiger partial charge in [0.15, 0.2) is 0 Å². The van der Waals surface area contributed by atoms with E-state index in [0.717, 1.165) is 12.8 Å². The van der Waals surface area contributed by atoms with Crippen molar-refractivity contribution in [2.75, 3.05) is 12.4 Å². The second-order valence-electron chi connectivity index (χ2n) is 4.35. The van der Waals surface area contributed by atoms with Gasteiger partial charge in [-0.15, -0.1) is 0 Å². The van der Waals surface area contributed by atoms with Crippen LogP contribution in [0.1, 0.15) is 23.2 Å². The van der Waals surface area contributed by atoms with E-state index in [-0.39, 0.29) is 23.2 Å². The van der Waals surface area contributed by atoms with Crippen LogP contribution in [0.3, 0.4) is 0 Å². The third kappa shape index (κ3) is 2.90. The molecule has 6 nitrogen and oxygen atoms in total. The normalized spacial score (nSPS) is 14.4.